The van der Waals surface area contributed by atoms with Crippen LogP contribution in [-0.2, 0) is 5.60 Å². The molecule has 1 fully saturated rings. The molecule has 1 saturated heterocycles. The third-order valence-corrected chi connectivity index (χ3v) is 4.95. The van der Waals surface area contributed by atoms with Crippen molar-refractivity contribution < 1.29 is 9.52 Å². The van der Waals surface area contributed by atoms with E-state index >= 15 is 0 Å². The molecule has 25 heavy (non-hydrogen) atoms. The Hall–Kier alpha value is -1.53. The molecule has 2 rings (SSSR count). The summed E-state index contributed by atoms with van der Waals surface area (Å²) < 4.78 is 5.31. The van der Waals surface area contributed by atoms with Gasteiger partial charge in [-0.05, 0) is 64.8 Å². The minimum Gasteiger partial charge on any atom is -0.466 e. The number of aliphatic hydroxyl groups is 1. The molecule has 0 spiro atoms. The van der Waals surface area contributed by atoms with E-state index in [4.69, 9.17) is 4.42 Å². The van der Waals surface area contributed by atoms with Crippen LogP contribution in [0.25, 0.3) is 0 Å². The van der Waals surface area contributed by atoms with Crippen molar-refractivity contribution in [1.29, 1.82) is 0 Å². The van der Waals surface area contributed by atoms with Crippen molar-refractivity contribution in [1.82, 2.24) is 15.5 Å². The third kappa shape index (κ3) is 6.04. The number of nitrogens with one attached hydrogen (secondary N) is 2. The topological polar surface area (TPSA) is 73.0 Å². The van der Waals surface area contributed by atoms with E-state index in [9.17, 15) is 5.11 Å². The SMILES string of the molecule is CCNC(=NCC(C)(O)c1ccco1)NCC(C)N1CCC(C)CC1. The number of likely N-dealkylation sites (tertiary alicyclic amines) is 1. The van der Waals surface area contributed by atoms with E-state index in [1.54, 1.807) is 25.3 Å². The van der Waals surface area contributed by atoms with Gasteiger partial charge in [0.05, 0.1) is 12.8 Å². The zero-order chi connectivity index (χ0) is 18.3. The fourth-order valence-corrected chi connectivity index (χ4v) is 3.08. The lowest BCUT2D eigenvalue weighted by Gasteiger charge is -2.35. The molecule has 1 aromatic rings. The van der Waals surface area contributed by atoms with Gasteiger partial charge in [0, 0.05) is 19.1 Å². The Bertz CT molecular complexity index is 520. The van der Waals surface area contributed by atoms with Gasteiger partial charge >= 0.3 is 0 Å². The summed E-state index contributed by atoms with van der Waals surface area (Å²) in [5, 5.41) is 17.2. The molecule has 3 N–H and O–H groups in total. The van der Waals surface area contributed by atoms with Gasteiger partial charge < -0.3 is 20.2 Å². The van der Waals surface area contributed by atoms with E-state index in [1.807, 2.05) is 6.92 Å². The summed E-state index contributed by atoms with van der Waals surface area (Å²) in [5.74, 6) is 2.11. The lowest BCUT2D eigenvalue weighted by molar-refractivity contribution is 0.0437. The van der Waals surface area contributed by atoms with Crippen LogP contribution >= 0.6 is 0 Å². The molecular weight excluding hydrogens is 316 g/mol. The van der Waals surface area contributed by atoms with Gasteiger partial charge in [0.2, 0.25) is 0 Å². The maximum atomic E-state index is 10.5. The summed E-state index contributed by atoms with van der Waals surface area (Å²) in [5.41, 5.74) is -1.11. The molecular formula is C19H34N4O2. The van der Waals surface area contributed by atoms with Gasteiger partial charge in [0.1, 0.15) is 11.4 Å². The highest BCUT2D eigenvalue weighted by Gasteiger charge is 2.26. The molecule has 1 aromatic heterocycles. The Kier molecular flexibility index (Phi) is 7.32. The number of aliphatic imine (C=N–C) groups is 1. The van der Waals surface area contributed by atoms with Gasteiger partial charge in [-0.15, -0.1) is 0 Å². The van der Waals surface area contributed by atoms with Crippen LogP contribution in [0.2, 0.25) is 0 Å². The third-order valence-electron chi connectivity index (χ3n) is 4.95. The molecule has 0 amide bonds. The summed E-state index contributed by atoms with van der Waals surface area (Å²) in [6.07, 6.45) is 4.13. The number of rotatable bonds is 7. The minimum atomic E-state index is -1.11. The maximum absolute atomic E-state index is 10.5. The van der Waals surface area contributed by atoms with Crippen molar-refractivity contribution in [2.75, 3.05) is 32.7 Å². The Morgan fingerprint density at radius 2 is 2.16 bits per heavy atom. The van der Waals surface area contributed by atoms with Crippen LogP contribution in [0.1, 0.15) is 46.3 Å². The lowest BCUT2D eigenvalue weighted by Crippen LogP contribution is -2.48. The van der Waals surface area contributed by atoms with E-state index in [0.717, 1.165) is 25.0 Å². The predicted octanol–water partition coefficient (Wildman–Crippen LogP) is 2.16. The average Bonchev–Trinajstić information content (AvgIpc) is 3.13. The molecule has 6 nitrogen and oxygen atoms in total. The monoisotopic (exact) mass is 350 g/mol. The van der Waals surface area contributed by atoms with Crippen molar-refractivity contribution in [2.45, 2.75) is 52.2 Å². The van der Waals surface area contributed by atoms with Crippen molar-refractivity contribution in [3.63, 3.8) is 0 Å². The van der Waals surface area contributed by atoms with E-state index in [1.165, 1.54) is 25.9 Å². The molecule has 2 heterocycles. The first-order chi connectivity index (χ1) is 11.9. The largest absolute Gasteiger partial charge is 0.466 e. The second-order valence-electron chi connectivity index (χ2n) is 7.39. The summed E-state index contributed by atoms with van der Waals surface area (Å²) in [7, 11) is 0. The zero-order valence-electron chi connectivity index (χ0n) is 16.1. The fourth-order valence-electron chi connectivity index (χ4n) is 3.08. The van der Waals surface area contributed by atoms with E-state index in [0.29, 0.717) is 11.8 Å². The smallest absolute Gasteiger partial charge is 0.191 e. The van der Waals surface area contributed by atoms with Crippen LogP contribution in [-0.4, -0.2) is 54.7 Å². The quantitative estimate of drug-likeness (QED) is 0.519. The lowest BCUT2D eigenvalue weighted by atomic mass is 9.98. The Balaban J connectivity index is 1.87. The van der Waals surface area contributed by atoms with Crippen molar-refractivity contribution in [2.24, 2.45) is 10.9 Å². The summed E-state index contributed by atoms with van der Waals surface area (Å²) >= 11 is 0. The molecule has 0 saturated carbocycles. The molecule has 1 aliphatic rings. The second kappa shape index (κ2) is 9.25. The number of piperidine rings is 1. The van der Waals surface area contributed by atoms with Crippen LogP contribution in [0.3, 0.4) is 0 Å². The van der Waals surface area contributed by atoms with Crippen molar-refractivity contribution >= 4 is 5.96 Å². The van der Waals surface area contributed by atoms with Gasteiger partial charge in [-0.2, -0.15) is 0 Å². The number of hydrogen-bond acceptors (Lipinski definition) is 4. The van der Waals surface area contributed by atoms with Gasteiger partial charge in [-0.1, -0.05) is 6.92 Å². The van der Waals surface area contributed by atoms with Crippen LogP contribution in [0, 0.1) is 5.92 Å². The molecule has 2 unspecified atom stereocenters. The Labute approximate surface area is 151 Å². The summed E-state index contributed by atoms with van der Waals surface area (Å²) in [6.45, 7) is 12.6. The molecule has 0 aromatic carbocycles. The van der Waals surface area contributed by atoms with Gasteiger partial charge in [-0.3, -0.25) is 4.90 Å². The van der Waals surface area contributed by atoms with Crippen LogP contribution < -0.4 is 10.6 Å². The number of furan rings is 1. The van der Waals surface area contributed by atoms with Gasteiger partial charge in [-0.25, -0.2) is 4.99 Å². The molecule has 0 bridgehead atoms. The van der Waals surface area contributed by atoms with Crippen LogP contribution in [0.5, 0.6) is 0 Å². The maximum Gasteiger partial charge on any atom is 0.191 e. The standard InChI is InChI=1S/C19H34N4O2/c1-5-20-18(22-14-19(4,24)17-7-6-12-25-17)21-13-16(3)23-10-8-15(2)9-11-23/h6-7,12,15-16,24H,5,8-11,13-14H2,1-4H3,(H2,20,21,22). The van der Waals surface area contributed by atoms with Crippen LogP contribution in [0.15, 0.2) is 27.8 Å². The second-order valence-corrected chi connectivity index (χ2v) is 7.39. The fraction of sp³-hybridized carbons (Fsp3) is 0.737. The first-order valence-electron chi connectivity index (χ1n) is 9.45. The van der Waals surface area contributed by atoms with E-state index in [2.05, 4.69) is 34.4 Å². The summed E-state index contributed by atoms with van der Waals surface area (Å²) in [4.78, 5) is 7.07. The zero-order valence-corrected chi connectivity index (χ0v) is 16.1. The van der Waals surface area contributed by atoms with E-state index < -0.39 is 5.60 Å². The minimum absolute atomic E-state index is 0.242. The molecule has 0 radical (unpaired) electrons. The first-order valence-corrected chi connectivity index (χ1v) is 9.45. The Morgan fingerprint density at radius 3 is 2.76 bits per heavy atom. The average molecular weight is 351 g/mol. The number of nitrogens with zero attached hydrogens (tertiary/aromatic N) is 2. The first kappa shape index (κ1) is 19.8. The van der Waals surface area contributed by atoms with Crippen LogP contribution in [0.4, 0.5) is 0 Å². The van der Waals surface area contributed by atoms with Gasteiger partial charge in [0.25, 0.3) is 0 Å². The predicted molar refractivity (Wildman–Crippen MR) is 102 cm³/mol. The van der Waals surface area contributed by atoms with Crippen molar-refractivity contribution in [3.05, 3.63) is 24.2 Å². The molecule has 1 aliphatic heterocycles. The van der Waals surface area contributed by atoms with Gasteiger partial charge in [0.15, 0.2) is 5.96 Å². The summed E-state index contributed by atoms with van der Waals surface area (Å²) in [6, 6.07) is 4.01. The highest BCUT2D eigenvalue weighted by molar-refractivity contribution is 5.79. The number of hydrogen-bond donors (Lipinski definition) is 3. The molecule has 2 atom stereocenters. The molecule has 6 heteroatoms. The normalized spacial score (nSPS) is 20.9. The van der Waals surface area contributed by atoms with Crippen molar-refractivity contribution in [3.8, 4) is 0 Å². The molecule has 0 aliphatic carbocycles. The Morgan fingerprint density at radius 1 is 1.44 bits per heavy atom. The number of guanidine groups is 1. The van der Waals surface area contributed by atoms with E-state index in [-0.39, 0.29) is 6.54 Å². The highest BCUT2D eigenvalue weighted by Crippen LogP contribution is 2.21. The molecule has 142 valence electrons. The highest BCUT2D eigenvalue weighted by atomic mass is 16.4.